The third kappa shape index (κ3) is 8.54. The van der Waals surface area contributed by atoms with Crippen LogP contribution < -0.4 is 4.74 Å². The first-order chi connectivity index (χ1) is 9.68. The van der Waals surface area contributed by atoms with E-state index < -0.39 is 0 Å². The number of rotatable bonds is 9. The van der Waals surface area contributed by atoms with Crippen molar-refractivity contribution in [2.45, 2.75) is 33.6 Å². The Morgan fingerprint density at radius 3 is 2.45 bits per heavy atom. The molecule has 0 radical (unpaired) electrons. The van der Waals surface area contributed by atoms with Crippen LogP contribution in [0.2, 0.25) is 0 Å². The molecule has 0 heterocycles. The molecular weight excluding hydrogens is 248 g/mol. The fourth-order valence-corrected chi connectivity index (χ4v) is 1.71. The van der Waals surface area contributed by atoms with Gasteiger partial charge in [-0.15, -0.1) is 0 Å². The molecule has 0 fully saturated rings. The maximum absolute atomic E-state index is 5.55. The molecule has 2 nitrogen and oxygen atoms in total. The van der Waals surface area contributed by atoms with E-state index in [1.54, 1.807) is 0 Å². The summed E-state index contributed by atoms with van der Waals surface area (Å²) in [5.74, 6) is 0.893. The minimum atomic E-state index is 0.592. The van der Waals surface area contributed by atoms with Gasteiger partial charge in [0.25, 0.3) is 0 Å². The standard InChI is InChI=1S/C18H26O2/c1-16(2)8-7-9-17(3)12-13-19-14-15-20-18-10-5-4-6-11-18/h4-6,8,10-12H,7,9,13-15H2,1-3H3/b17-12+. The maximum atomic E-state index is 5.55. The largest absolute Gasteiger partial charge is 0.491 e. The van der Waals surface area contributed by atoms with Gasteiger partial charge in [-0.05, 0) is 45.7 Å². The first kappa shape index (κ1) is 16.5. The molecule has 0 aliphatic rings. The molecule has 1 rings (SSSR count). The molecule has 0 aliphatic heterocycles. The summed E-state index contributed by atoms with van der Waals surface area (Å²) < 4.78 is 11.1. The van der Waals surface area contributed by atoms with Gasteiger partial charge in [0.1, 0.15) is 12.4 Å². The summed E-state index contributed by atoms with van der Waals surface area (Å²) in [6, 6.07) is 9.82. The molecule has 110 valence electrons. The Hall–Kier alpha value is -1.54. The van der Waals surface area contributed by atoms with Crippen LogP contribution in [0.5, 0.6) is 5.75 Å². The van der Waals surface area contributed by atoms with Gasteiger partial charge in [0.05, 0.1) is 13.2 Å². The van der Waals surface area contributed by atoms with Crippen molar-refractivity contribution in [3.8, 4) is 5.75 Å². The predicted molar refractivity (Wildman–Crippen MR) is 85.2 cm³/mol. The zero-order valence-corrected chi connectivity index (χ0v) is 12.9. The molecule has 0 saturated heterocycles. The van der Waals surface area contributed by atoms with E-state index >= 15 is 0 Å². The fourth-order valence-electron chi connectivity index (χ4n) is 1.71. The Morgan fingerprint density at radius 1 is 1.00 bits per heavy atom. The van der Waals surface area contributed by atoms with Crippen LogP contribution in [0.1, 0.15) is 33.6 Å². The lowest BCUT2D eigenvalue weighted by Gasteiger charge is -2.06. The Bertz CT molecular complexity index is 414. The number of ether oxygens (including phenoxy) is 2. The average molecular weight is 274 g/mol. The van der Waals surface area contributed by atoms with E-state index in [0.29, 0.717) is 19.8 Å². The fraction of sp³-hybridized carbons (Fsp3) is 0.444. The van der Waals surface area contributed by atoms with Crippen LogP contribution in [0.25, 0.3) is 0 Å². The van der Waals surface area contributed by atoms with E-state index in [1.807, 2.05) is 30.3 Å². The van der Waals surface area contributed by atoms with Gasteiger partial charge in [-0.3, -0.25) is 0 Å². The zero-order chi connectivity index (χ0) is 14.6. The highest BCUT2D eigenvalue weighted by Gasteiger charge is 1.92. The van der Waals surface area contributed by atoms with Crippen molar-refractivity contribution in [1.82, 2.24) is 0 Å². The summed E-state index contributed by atoms with van der Waals surface area (Å²) in [7, 11) is 0. The number of allylic oxidation sites excluding steroid dienone is 3. The lowest BCUT2D eigenvalue weighted by atomic mass is 10.1. The number of benzene rings is 1. The van der Waals surface area contributed by atoms with Crippen molar-refractivity contribution in [2.24, 2.45) is 0 Å². The van der Waals surface area contributed by atoms with Gasteiger partial charge in [0.2, 0.25) is 0 Å². The molecule has 1 aromatic carbocycles. The van der Waals surface area contributed by atoms with Gasteiger partial charge in [-0.25, -0.2) is 0 Å². The Labute approximate surface area is 123 Å². The van der Waals surface area contributed by atoms with E-state index in [9.17, 15) is 0 Å². The second kappa shape index (κ2) is 10.3. The predicted octanol–water partition coefficient (Wildman–Crippen LogP) is 4.77. The normalized spacial score (nSPS) is 11.2. The van der Waals surface area contributed by atoms with E-state index in [4.69, 9.17) is 9.47 Å². The van der Waals surface area contributed by atoms with E-state index in [1.165, 1.54) is 11.1 Å². The Kier molecular flexibility index (Phi) is 8.48. The highest BCUT2D eigenvalue weighted by molar-refractivity contribution is 5.20. The molecule has 0 aliphatic carbocycles. The lowest BCUT2D eigenvalue weighted by Crippen LogP contribution is -2.06. The van der Waals surface area contributed by atoms with Crippen LogP contribution in [-0.4, -0.2) is 19.8 Å². The average Bonchev–Trinajstić information content (AvgIpc) is 2.43. The van der Waals surface area contributed by atoms with Gasteiger partial charge < -0.3 is 9.47 Å². The van der Waals surface area contributed by atoms with Crippen LogP contribution in [-0.2, 0) is 4.74 Å². The van der Waals surface area contributed by atoms with Gasteiger partial charge in [-0.2, -0.15) is 0 Å². The van der Waals surface area contributed by atoms with Crippen LogP contribution in [0.4, 0.5) is 0 Å². The Balaban J connectivity index is 2.05. The van der Waals surface area contributed by atoms with Gasteiger partial charge in [0.15, 0.2) is 0 Å². The van der Waals surface area contributed by atoms with Crippen LogP contribution >= 0.6 is 0 Å². The van der Waals surface area contributed by atoms with Gasteiger partial charge >= 0.3 is 0 Å². The first-order valence-electron chi connectivity index (χ1n) is 7.23. The molecule has 0 amide bonds. The molecule has 0 atom stereocenters. The molecule has 0 unspecified atom stereocenters. The smallest absolute Gasteiger partial charge is 0.119 e. The third-order valence-corrected chi connectivity index (χ3v) is 2.88. The van der Waals surface area contributed by atoms with E-state index in [0.717, 1.165) is 18.6 Å². The van der Waals surface area contributed by atoms with E-state index in [2.05, 4.69) is 32.9 Å². The molecule has 0 spiro atoms. The molecule has 0 N–H and O–H groups in total. The van der Waals surface area contributed by atoms with Gasteiger partial charge in [0, 0.05) is 0 Å². The summed E-state index contributed by atoms with van der Waals surface area (Å²) in [6.45, 7) is 8.30. The van der Waals surface area contributed by atoms with E-state index in [-0.39, 0.29) is 0 Å². The summed E-state index contributed by atoms with van der Waals surface area (Å²) >= 11 is 0. The van der Waals surface area contributed by atoms with Crippen LogP contribution in [0, 0.1) is 0 Å². The number of hydrogen-bond acceptors (Lipinski definition) is 2. The minimum Gasteiger partial charge on any atom is -0.491 e. The summed E-state index contributed by atoms with van der Waals surface area (Å²) in [4.78, 5) is 0. The molecule has 1 aromatic rings. The SMILES string of the molecule is CC(C)=CCC/C(C)=C/COCCOc1ccccc1. The summed E-state index contributed by atoms with van der Waals surface area (Å²) in [6.07, 6.45) is 6.64. The van der Waals surface area contributed by atoms with Crippen molar-refractivity contribution in [3.63, 3.8) is 0 Å². The molecule has 2 heteroatoms. The second-order valence-electron chi connectivity index (χ2n) is 5.11. The zero-order valence-electron chi connectivity index (χ0n) is 12.9. The quantitative estimate of drug-likeness (QED) is 0.477. The first-order valence-corrected chi connectivity index (χ1v) is 7.23. The minimum absolute atomic E-state index is 0.592. The monoisotopic (exact) mass is 274 g/mol. The number of para-hydroxylation sites is 1. The van der Waals surface area contributed by atoms with Crippen molar-refractivity contribution in [2.75, 3.05) is 19.8 Å². The van der Waals surface area contributed by atoms with Crippen molar-refractivity contribution >= 4 is 0 Å². The topological polar surface area (TPSA) is 18.5 Å². The van der Waals surface area contributed by atoms with Crippen molar-refractivity contribution in [1.29, 1.82) is 0 Å². The molecular formula is C18H26O2. The highest BCUT2D eigenvalue weighted by Crippen LogP contribution is 2.08. The highest BCUT2D eigenvalue weighted by atomic mass is 16.5. The van der Waals surface area contributed by atoms with Gasteiger partial charge in [-0.1, -0.05) is 41.5 Å². The van der Waals surface area contributed by atoms with Crippen molar-refractivity contribution < 1.29 is 9.47 Å². The third-order valence-electron chi connectivity index (χ3n) is 2.88. The molecule has 0 bridgehead atoms. The van der Waals surface area contributed by atoms with Crippen molar-refractivity contribution in [3.05, 3.63) is 53.6 Å². The summed E-state index contributed by atoms with van der Waals surface area (Å²) in [5, 5.41) is 0. The maximum Gasteiger partial charge on any atom is 0.119 e. The second-order valence-corrected chi connectivity index (χ2v) is 5.11. The molecule has 20 heavy (non-hydrogen) atoms. The van der Waals surface area contributed by atoms with Crippen LogP contribution in [0.15, 0.2) is 53.6 Å². The molecule has 0 saturated carbocycles. The lowest BCUT2D eigenvalue weighted by molar-refractivity contribution is 0.120. The molecule has 0 aromatic heterocycles. The van der Waals surface area contributed by atoms with Crippen LogP contribution in [0.3, 0.4) is 0 Å². The summed E-state index contributed by atoms with van der Waals surface area (Å²) in [5.41, 5.74) is 2.76. The Morgan fingerprint density at radius 2 is 1.75 bits per heavy atom. The number of hydrogen-bond donors (Lipinski definition) is 0.